The second kappa shape index (κ2) is 6.74. The summed E-state index contributed by atoms with van der Waals surface area (Å²) < 4.78 is 0.971. The summed E-state index contributed by atoms with van der Waals surface area (Å²) in [5, 5.41) is 0. The molecule has 100 valence electrons. The molecule has 0 saturated heterocycles. The molecule has 1 aromatic heterocycles. The van der Waals surface area contributed by atoms with Crippen LogP contribution in [0.2, 0.25) is 0 Å². The van der Waals surface area contributed by atoms with Gasteiger partial charge >= 0.3 is 0 Å². The number of halogens is 3. The zero-order chi connectivity index (χ0) is 13.7. The molecule has 0 aliphatic rings. The molecule has 0 atom stereocenters. The van der Waals surface area contributed by atoms with Crippen molar-refractivity contribution in [1.29, 1.82) is 0 Å². The first-order valence-corrected chi connectivity index (χ1v) is 7.84. The van der Waals surface area contributed by atoms with Gasteiger partial charge in [0, 0.05) is 40.0 Å². The van der Waals surface area contributed by atoms with Crippen LogP contribution in [0.1, 0.15) is 11.3 Å². The lowest BCUT2D eigenvalue weighted by molar-refractivity contribution is 0.529. The number of pyridine rings is 1. The molecule has 1 aromatic carbocycles. The van der Waals surface area contributed by atoms with Gasteiger partial charge < -0.3 is 0 Å². The van der Waals surface area contributed by atoms with Crippen LogP contribution in [0.3, 0.4) is 0 Å². The Morgan fingerprint density at radius 1 is 1.00 bits per heavy atom. The molecule has 0 bridgehead atoms. The second-order valence-electron chi connectivity index (χ2n) is 4.56. The number of hydrogen-bond acceptors (Lipinski definition) is 1. The smallest absolute Gasteiger partial charge is 0.0414 e. The van der Waals surface area contributed by atoms with Crippen LogP contribution in [0.5, 0.6) is 0 Å². The lowest BCUT2D eigenvalue weighted by atomic mass is 9.80. The Kier molecular flexibility index (Phi) is 5.26. The van der Waals surface area contributed by atoms with Gasteiger partial charge in [-0.05, 0) is 33.6 Å². The van der Waals surface area contributed by atoms with Gasteiger partial charge in [0.25, 0.3) is 0 Å². The summed E-state index contributed by atoms with van der Waals surface area (Å²) in [4.78, 5) is 4.42. The van der Waals surface area contributed by atoms with Gasteiger partial charge in [-0.3, -0.25) is 4.98 Å². The maximum absolute atomic E-state index is 6.22. The Balaban J connectivity index is 2.32. The van der Waals surface area contributed by atoms with E-state index >= 15 is 0 Å². The lowest BCUT2D eigenvalue weighted by Gasteiger charge is -2.30. The Morgan fingerprint density at radius 3 is 2.21 bits per heavy atom. The van der Waals surface area contributed by atoms with Crippen molar-refractivity contribution in [3.8, 4) is 0 Å². The molecule has 1 nitrogen and oxygen atoms in total. The molecule has 0 N–H and O–H groups in total. The molecule has 4 heteroatoms. The Hall–Kier alpha value is -0.570. The van der Waals surface area contributed by atoms with Crippen molar-refractivity contribution < 1.29 is 0 Å². The van der Waals surface area contributed by atoms with Gasteiger partial charge in [0.2, 0.25) is 0 Å². The largest absolute Gasteiger partial charge is 0.260 e. The van der Waals surface area contributed by atoms with Crippen LogP contribution in [-0.2, 0) is 11.8 Å². The third kappa shape index (κ3) is 3.50. The number of alkyl halides is 2. The van der Waals surface area contributed by atoms with Gasteiger partial charge in [-0.2, -0.15) is 0 Å². The van der Waals surface area contributed by atoms with E-state index in [0.717, 1.165) is 22.2 Å². The Morgan fingerprint density at radius 2 is 1.68 bits per heavy atom. The maximum atomic E-state index is 6.22. The Bertz CT molecular complexity index is 509. The molecule has 19 heavy (non-hydrogen) atoms. The predicted octanol–water partition coefficient (Wildman–Crippen LogP) is 4.80. The molecule has 0 unspecified atom stereocenters. The van der Waals surface area contributed by atoms with Crippen LogP contribution in [0, 0.1) is 0 Å². The fourth-order valence-electron chi connectivity index (χ4n) is 2.04. The standard InChI is InChI=1S/C15H14BrCl2N/c16-13-6-7-14(19-9-13)8-15(10-17,11-18)12-4-2-1-3-5-12/h1-7,9H,8,10-11H2. The first-order valence-electron chi connectivity index (χ1n) is 5.98. The monoisotopic (exact) mass is 357 g/mol. The maximum Gasteiger partial charge on any atom is 0.0414 e. The first-order chi connectivity index (χ1) is 9.20. The van der Waals surface area contributed by atoms with E-state index in [-0.39, 0.29) is 5.41 Å². The van der Waals surface area contributed by atoms with Crippen molar-refractivity contribution in [1.82, 2.24) is 4.98 Å². The number of aromatic nitrogens is 1. The van der Waals surface area contributed by atoms with Crippen LogP contribution in [0.25, 0.3) is 0 Å². The van der Waals surface area contributed by atoms with Crippen molar-refractivity contribution >= 4 is 39.1 Å². The summed E-state index contributed by atoms with van der Waals surface area (Å²) >= 11 is 15.8. The van der Waals surface area contributed by atoms with Crippen LogP contribution < -0.4 is 0 Å². The summed E-state index contributed by atoms with van der Waals surface area (Å²) in [6, 6.07) is 14.2. The van der Waals surface area contributed by atoms with E-state index in [2.05, 4.69) is 33.0 Å². The normalized spacial score (nSPS) is 11.5. The molecule has 0 aliphatic carbocycles. The van der Waals surface area contributed by atoms with Crippen molar-refractivity contribution in [3.63, 3.8) is 0 Å². The third-order valence-electron chi connectivity index (χ3n) is 3.21. The minimum Gasteiger partial charge on any atom is -0.260 e. The number of rotatable bonds is 5. The summed E-state index contributed by atoms with van der Waals surface area (Å²) in [5.74, 6) is 0.941. The summed E-state index contributed by atoms with van der Waals surface area (Å²) in [6.07, 6.45) is 2.53. The highest BCUT2D eigenvalue weighted by Gasteiger charge is 2.31. The van der Waals surface area contributed by atoms with Crippen molar-refractivity contribution in [2.75, 3.05) is 11.8 Å². The molecular weight excluding hydrogens is 345 g/mol. The fraction of sp³-hybridized carbons (Fsp3) is 0.267. The minimum atomic E-state index is -0.273. The van der Waals surface area contributed by atoms with Gasteiger partial charge in [0.05, 0.1) is 0 Å². The lowest BCUT2D eigenvalue weighted by Crippen LogP contribution is -2.33. The van der Waals surface area contributed by atoms with Gasteiger partial charge in [0.1, 0.15) is 0 Å². The number of nitrogens with zero attached hydrogens (tertiary/aromatic N) is 1. The molecule has 0 fully saturated rings. The highest BCUT2D eigenvalue weighted by Crippen LogP contribution is 2.31. The highest BCUT2D eigenvalue weighted by molar-refractivity contribution is 9.10. The predicted molar refractivity (Wildman–Crippen MR) is 85.2 cm³/mol. The average molecular weight is 359 g/mol. The van der Waals surface area contributed by atoms with Crippen molar-refractivity contribution in [2.24, 2.45) is 0 Å². The van der Waals surface area contributed by atoms with E-state index in [9.17, 15) is 0 Å². The fourth-order valence-corrected chi connectivity index (χ4v) is 3.05. The molecular formula is C15H14BrCl2N. The van der Waals surface area contributed by atoms with Gasteiger partial charge in [-0.15, -0.1) is 23.2 Å². The summed E-state index contributed by atoms with van der Waals surface area (Å²) in [6.45, 7) is 0. The van der Waals surface area contributed by atoms with Crippen molar-refractivity contribution in [3.05, 3.63) is 64.4 Å². The topological polar surface area (TPSA) is 12.9 Å². The zero-order valence-electron chi connectivity index (χ0n) is 10.3. The quantitative estimate of drug-likeness (QED) is 0.699. The molecule has 1 heterocycles. The van der Waals surface area contributed by atoms with Crippen LogP contribution in [0.15, 0.2) is 53.1 Å². The number of hydrogen-bond donors (Lipinski definition) is 0. The molecule has 0 radical (unpaired) electrons. The number of benzene rings is 1. The van der Waals surface area contributed by atoms with Crippen LogP contribution in [0.4, 0.5) is 0 Å². The molecule has 2 aromatic rings. The van der Waals surface area contributed by atoms with E-state index in [1.807, 2.05) is 30.3 Å². The van der Waals surface area contributed by atoms with Crippen LogP contribution >= 0.6 is 39.1 Å². The second-order valence-corrected chi connectivity index (χ2v) is 6.01. The van der Waals surface area contributed by atoms with E-state index < -0.39 is 0 Å². The van der Waals surface area contributed by atoms with E-state index in [0.29, 0.717) is 11.8 Å². The van der Waals surface area contributed by atoms with Crippen molar-refractivity contribution in [2.45, 2.75) is 11.8 Å². The van der Waals surface area contributed by atoms with E-state index in [1.165, 1.54) is 0 Å². The summed E-state index contributed by atoms with van der Waals surface area (Å²) in [7, 11) is 0. The first kappa shape index (κ1) is 14.8. The van der Waals surface area contributed by atoms with E-state index in [1.54, 1.807) is 6.20 Å². The van der Waals surface area contributed by atoms with Gasteiger partial charge in [-0.1, -0.05) is 30.3 Å². The minimum absolute atomic E-state index is 0.273. The summed E-state index contributed by atoms with van der Waals surface area (Å²) in [5.41, 5.74) is 1.88. The molecule has 2 rings (SSSR count). The zero-order valence-corrected chi connectivity index (χ0v) is 13.4. The SMILES string of the molecule is ClCC(CCl)(Cc1ccc(Br)cn1)c1ccccc1. The third-order valence-corrected chi connectivity index (χ3v) is 4.70. The van der Waals surface area contributed by atoms with E-state index in [4.69, 9.17) is 23.2 Å². The average Bonchev–Trinajstić information content (AvgIpc) is 2.48. The molecule has 0 saturated carbocycles. The Labute approximate surface area is 132 Å². The molecule has 0 amide bonds. The molecule has 0 aliphatic heterocycles. The van der Waals surface area contributed by atoms with Gasteiger partial charge in [0.15, 0.2) is 0 Å². The molecule has 0 spiro atoms. The van der Waals surface area contributed by atoms with Gasteiger partial charge in [-0.25, -0.2) is 0 Å². The van der Waals surface area contributed by atoms with Crippen LogP contribution in [-0.4, -0.2) is 16.7 Å². The highest BCUT2D eigenvalue weighted by atomic mass is 79.9.